The van der Waals surface area contributed by atoms with Crippen LogP contribution in [0.25, 0.3) is 5.65 Å². The van der Waals surface area contributed by atoms with E-state index < -0.39 is 24.5 Å². The molecule has 32 heavy (non-hydrogen) atoms. The minimum atomic E-state index is -5.72. The van der Waals surface area contributed by atoms with Crippen LogP contribution in [0.5, 0.6) is 0 Å². The number of aromatic nitrogens is 2. The number of rotatable bonds is 3. The normalized spacial score (nSPS) is 19.9. The molecule has 2 saturated heterocycles. The van der Waals surface area contributed by atoms with Gasteiger partial charge in [0.05, 0.1) is 11.9 Å². The number of carbonyl (C=O) groups excluding carboxylic acids is 1. The molecule has 2 aromatic heterocycles. The molecule has 0 saturated carbocycles. The van der Waals surface area contributed by atoms with Crippen molar-refractivity contribution in [2.24, 2.45) is 0 Å². The monoisotopic (exact) mass is 464 g/mol. The van der Waals surface area contributed by atoms with Gasteiger partial charge in [0, 0.05) is 31.4 Å². The average molecular weight is 464 g/mol. The first-order valence-corrected chi connectivity index (χ1v) is 10.2. The summed E-state index contributed by atoms with van der Waals surface area (Å²) in [5, 5.41) is 0. The molecule has 0 radical (unpaired) electrons. The molecule has 2 fully saturated rings. The molecule has 0 bridgehead atoms. The standard InChI is InChI=1S/C20H22F6N4O2/c21-19(22,23)16(20(24,25)26)32-17(31)28-10-6-18(7-11-28)5-3-8-29(18)13-14-12-27-15-4-1-2-9-30(14)15/h1-2,4,9,12,16H,3,5-8,10-11,13H2. The van der Waals surface area contributed by atoms with Crippen LogP contribution in [0.1, 0.15) is 31.4 Å². The van der Waals surface area contributed by atoms with Crippen molar-refractivity contribution in [3.05, 3.63) is 36.3 Å². The molecule has 1 amide bonds. The largest absolute Gasteiger partial charge is 0.434 e. The van der Waals surface area contributed by atoms with E-state index in [1.54, 1.807) is 6.20 Å². The molecule has 2 aliphatic rings. The van der Waals surface area contributed by atoms with Crippen molar-refractivity contribution in [2.75, 3.05) is 19.6 Å². The lowest BCUT2D eigenvalue weighted by molar-refractivity contribution is -0.308. The molecule has 1 spiro atoms. The Morgan fingerprint density at radius 1 is 1.06 bits per heavy atom. The number of amides is 1. The van der Waals surface area contributed by atoms with Gasteiger partial charge in [0.2, 0.25) is 0 Å². The molecule has 0 unspecified atom stereocenters. The lowest BCUT2D eigenvalue weighted by Gasteiger charge is -2.45. The number of imidazole rings is 1. The van der Waals surface area contributed by atoms with Gasteiger partial charge in [-0.2, -0.15) is 26.3 Å². The third-order valence-electron chi connectivity index (χ3n) is 6.35. The van der Waals surface area contributed by atoms with Gasteiger partial charge in [0.15, 0.2) is 0 Å². The second-order valence-corrected chi connectivity index (χ2v) is 8.26. The Labute approximate surface area is 179 Å². The number of piperidine rings is 1. The molecular formula is C20H22F6N4O2. The van der Waals surface area contributed by atoms with E-state index >= 15 is 0 Å². The quantitative estimate of drug-likeness (QED) is 0.633. The number of halogens is 6. The van der Waals surface area contributed by atoms with Crippen molar-refractivity contribution < 1.29 is 35.9 Å². The van der Waals surface area contributed by atoms with E-state index in [1.807, 2.05) is 28.8 Å². The van der Waals surface area contributed by atoms with Crippen LogP contribution in [0.15, 0.2) is 30.6 Å². The second-order valence-electron chi connectivity index (χ2n) is 8.26. The minimum absolute atomic E-state index is 0.0327. The zero-order valence-electron chi connectivity index (χ0n) is 17.0. The average Bonchev–Trinajstić information content (AvgIpc) is 3.30. The third kappa shape index (κ3) is 4.37. The molecule has 0 N–H and O–H groups in total. The number of nitrogens with zero attached hydrogens (tertiary/aromatic N) is 4. The van der Waals surface area contributed by atoms with Gasteiger partial charge < -0.3 is 14.0 Å². The fraction of sp³-hybridized carbons (Fsp3) is 0.600. The zero-order valence-corrected chi connectivity index (χ0v) is 17.0. The van der Waals surface area contributed by atoms with E-state index in [0.29, 0.717) is 19.4 Å². The SMILES string of the molecule is O=C(OC(C(F)(F)F)C(F)(F)F)N1CCC2(CCCN2Cc2cnc3ccccn23)CC1. The summed E-state index contributed by atoms with van der Waals surface area (Å²) in [4.78, 5) is 19.7. The van der Waals surface area contributed by atoms with E-state index in [9.17, 15) is 31.1 Å². The highest BCUT2D eigenvalue weighted by atomic mass is 19.4. The molecule has 6 nitrogen and oxygen atoms in total. The number of likely N-dealkylation sites (tertiary alicyclic amines) is 2. The summed E-state index contributed by atoms with van der Waals surface area (Å²) >= 11 is 0. The van der Waals surface area contributed by atoms with Crippen molar-refractivity contribution in [1.29, 1.82) is 0 Å². The summed E-state index contributed by atoms with van der Waals surface area (Å²) in [7, 11) is 0. The lowest BCUT2D eigenvalue weighted by Crippen LogP contribution is -2.54. The summed E-state index contributed by atoms with van der Waals surface area (Å²) in [5.41, 5.74) is 1.54. The van der Waals surface area contributed by atoms with Crippen LogP contribution in [-0.4, -0.2) is 68.9 Å². The molecule has 12 heteroatoms. The number of alkyl halides is 6. The molecule has 4 rings (SSSR count). The van der Waals surface area contributed by atoms with Crippen LogP contribution < -0.4 is 0 Å². The Morgan fingerprint density at radius 3 is 2.41 bits per heavy atom. The highest BCUT2D eigenvalue weighted by Gasteiger charge is 2.60. The van der Waals surface area contributed by atoms with Crippen molar-refractivity contribution in [3.8, 4) is 0 Å². The van der Waals surface area contributed by atoms with Crippen LogP contribution in [0.4, 0.5) is 31.1 Å². The maximum absolute atomic E-state index is 12.7. The second kappa shape index (κ2) is 8.13. The van der Waals surface area contributed by atoms with Crippen molar-refractivity contribution in [2.45, 2.75) is 56.2 Å². The van der Waals surface area contributed by atoms with Crippen molar-refractivity contribution >= 4 is 11.7 Å². The predicted molar refractivity (Wildman–Crippen MR) is 101 cm³/mol. The first kappa shape index (κ1) is 22.7. The first-order valence-electron chi connectivity index (χ1n) is 10.2. The topological polar surface area (TPSA) is 50.1 Å². The summed E-state index contributed by atoms with van der Waals surface area (Å²) in [6.07, 6.45) is -10.8. The lowest BCUT2D eigenvalue weighted by atomic mass is 9.85. The van der Waals surface area contributed by atoms with Crippen LogP contribution in [0, 0.1) is 0 Å². The van der Waals surface area contributed by atoms with Gasteiger partial charge in [0.25, 0.3) is 6.10 Å². The van der Waals surface area contributed by atoms with Gasteiger partial charge in [-0.3, -0.25) is 4.90 Å². The molecule has 2 aliphatic heterocycles. The van der Waals surface area contributed by atoms with Crippen molar-refractivity contribution in [1.82, 2.24) is 19.2 Å². The maximum atomic E-state index is 12.7. The number of ether oxygens (including phenoxy) is 1. The number of carbonyl (C=O) groups is 1. The van der Waals surface area contributed by atoms with Crippen LogP contribution >= 0.6 is 0 Å². The summed E-state index contributed by atoms with van der Waals surface area (Å²) in [5.74, 6) is 0. The van der Waals surface area contributed by atoms with Gasteiger partial charge in [-0.05, 0) is 44.4 Å². The van der Waals surface area contributed by atoms with E-state index in [2.05, 4.69) is 14.6 Å². The van der Waals surface area contributed by atoms with Gasteiger partial charge in [-0.1, -0.05) is 6.07 Å². The third-order valence-corrected chi connectivity index (χ3v) is 6.35. The number of hydrogen-bond donors (Lipinski definition) is 0. The molecule has 0 aliphatic carbocycles. The predicted octanol–water partition coefficient (Wildman–Crippen LogP) is 4.39. The molecule has 0 atom stereocenters. The molecule has 0 aromatic carbocycles. The van der Waals surface area contributed by atoms with Gasteiger partial charge in [0.1, 0.15) is 5.65 Å². The van der Waals surface area contributed by atoms with E-state index in [1.165, 1.54) is 0 Å². The highest BCUT2D eigenvalue weighted by molar-refractivity contribution is 5.68. The fourth-order valence-corrected chi connectivity index (χ4v) is 4.70. The maximum Gasteiger partial charge on any atom is 0.434 e. The summed E-state index contributed by atoms with van der Waals surface area (Å²) in [6, 6.07) is 5.68. The van der Waals surface area contributed by atoms with E-state index in [4.69, 9.17) is 0 Å². The summed E-state index contributed by atoms with van der Waals surface area (Å²) < 4.78 is 82.0. The minimum Gasteiger partial charge on any atom is -0.426 e. The number of pyridine rings is 1. The van der Waals surface area contributed by atoms with Gasteiger partial charge in [-0.15, -0.1) is 0 Å². The Kier molecular flexibility index (Phi) is 5.76. The Balaban J connectivity index is 1.41. The van der Waals surface area contributed by atoms with Crippen LogP contribution in [-0.2, 0) is 11.3 Å². The number of hydrogen-bond acceptors (Lipinski definition) is 4. The molecule has 176 valence electrons. The van der Waals surface area contributed by atoms with Crippen LogP contribution in [0.3, 0.4) is 0 Å². The fourth-order valence-electron chi connectivity index (χ4n) is 4.70. The Bertz CT molecular complexity index is 951. The van der Waals surface area contributed by atoms with Gasteiger partial charge >= 0.3 is 18.4 Å². The Morgan fingerprint density at radius 2 is 1.75 bits per heavy atom. The number of fused-ring (bicyclic) bond motifs is 1. The van der Waals surface area contributed by atoms with E-state index in [-0.39, 0.29) is 18.6 Å². The first-order chi connectivity index (χ1) is 15.0. The molecule has 4 heterocycles. The van der Waals surface area contributed by atoms with Crippen LogP contribution in [0.2, 0.25) is 0 Å². The zero-order chi connectivity index (χ0) is 23.1. The van der Waals surface area contributed by atoms with E-state index in [0.717, 1.165) is 35.6 Å². The molecule has 2 aromatic rings. The van der Waals surface area contributed by atoms with Gasteiger partial charge in [-0.25, -0.2) is 9.78 Å². The summed E-state index contributed by atoms with van der Waals surface area (Å²) in [6.45, 7) is 1.49. The highest BCUT2D eigenvalue weighted by Crippen LogP contribution is 2.40. The Hall–Kier alpha value is -2.50. The van der Waals surface area contributed by atoms with Crippen molar-refractivity contribution in [3.63, 3.8) is 0 Å². The smallest absolute Gasteiger partial charge is 0.426 e. The molecular weight excluding hydrogens is 442 g/mol.